The second-order valence-electron chi connectivity index (χ2n) is 4.44. The summed E-state index contributed by atoms with van der Waals surface area (Å²) in [5.41, 5.74) is 4.96. The van der Waals surface area contributed by atoms with Crippen molar-refractivity contribution in [1.82, 2.24) is 10.6 Å². The van der Waals surface area contributed by atoms with Crippen LogP contribution in [0.25, 0.3) is 0 Å². The second-order valence-corrected chi connectivity index (χ2v) is 4.44. The maximum absolute atomic E-state index is 12.0. The smallest absolute Gasteiger partial charge is 0.326 e. The number of amides is 2. The number of carboxylic acids is 1. The molecule has 5 N–H and O–H groups in total. The average molecular weight is 273 g/mol. The molecule has 1 heterocycles. The van der Waals surface area contributed by atoms with Gasteiger partial charge in [-0.25, -0.2) is 4.79 Å². The number of primary amides is 1. The van der Waals surface area contributed by atoms with Crippen LogP contribution in [0.4, 0.5) is 0 Å². The lowest BCUT2D eigenvalue weighted by atomic mass is 10.0. The van der Waals surface area contributed by atoms with E-state index in [4.69, 9.17) is 15.6 Å². The molecule has 3 unspecified atom stereocenters. The van der Waals surface area contributed by atoms with E-state index in [2.05, 4.69) is 10.6 Å². The minimum atomic E-state index is -1.19. The third-order valence-corrected chi connectivity index (χ3v) is 3.08. The molecule has 0 aromatic carbocycles. The summed E-state index contributed by atoms with van der Waals surface area (Å²) in [6.07, 6.45) is -0.109. The normalized spacial score (nSPS) is 23.8. The van der Waals surface area contributed by atoms with Crippen molar-refractivity contribution < 1.29 is 24.2 Å². The van der Waals surface area contributed by atoms with Crippen LogP contribution in [0.5, 0.6) is 0 Å². The Balaban J connectivity index is 2.55. The number of nitrogens with one attached hydrogen (secondary N) is 2. The van der Waals surface area contributed by atoms with Gasteiger partial charge < -0.3 is 26.2 Å². The van der Waals surface area contributed by atoms with Gasteiger partial charge in [0, 0.05) is 12.5 Å². The monoisotopic (exact) mass is 273 g/mol. The predicted octanol–water partition coefficient (Wildman–Crippen LogP) is -1.94. The highest BCUT2D eigenvalue weighted by molar-refractivity contribution is 5.86. The van der Waals surface area contributed by atoms with Crippen LogP contribution in [0.2, 0.25) is 0 Å². The molecule has 0 aromatic heterocycles. The Morgan fingerprint density at radius 3 is 2.63 bits per heavy atom. The molecule has 8 nitrogen and oxygen atoms in total. The molecule has 0 bridgehead atoms. The van der Waals surface area contributed by atoms with Crippen molar-refractivity contribution in [3.63, 3.8) is 0 Å². The van der Waals surface area contributed by atoms with Crippen LogP contribution < -0.4 is 16.4 Å². The van der Waals surface area contributed by atoms with E-state index < -0.39 is 29.7 Å². The molecule has 1 aliphatic heterocycles. The number of likely N-dealkylation sites (N-methyl/N-ethyl adjacent to an activating group) is 1. The summed E-state index contributed by atoms with van der Waals surface area (Å²) >= 11 is 0. The van der Waals surface area contributed by atoms with Gasteiger partial charge in [0.1, 0.15) is 6.04 Å². The van der Waals surface area contributed by atoms with Gasteiger partial charge in [0.25, 0.3) is 0 Å². The number of carboxylic acid groups (broad SMARTS) is 1. The number of hydrogen-bond donors (Lipinski definition) is 4. The van der Waals surface area contributed by atoms with Gasteiger partial charge in [0.05, 0.1) is 19.1 Å². The van der Waals surface area contributed by atoms with Crippen molar-refractivity contribution in [2.75, 3.05) is 20.3 Å². The molecular formula is C11H19N3O5. The molecule has 2 amide bonds. The first-order valence-corrected chi connectivity index (χ1v) is 6.02. The number of ether oxygens (including phenoxy) is 1. The van der Waals surface area contributed by atoms with E-state index in [1.165, 1.54) is 0 Å². The van der Waals surface area contributed by atoms with E-state index in [9.17, 15) is 14.4 Å². The standard InChI is InChI=1S/C11H19N3O5/c1-13-8-5-19-4-6(8)10(16)14-7(11(17)18)2-3-9(12)15/h6-8,13H,2-5H2,1H3,(H2,12,15)(H,14,16)(H,17,18). The Kier molecular flexibility index (Phi) is 5.71. The van der Waals surface area contributed by atoms with Crippen LogP contribution in [0.15, 0.2) is 0 Å². The van der Waals surface area contributed by atoms with E-state index in [1.807, 2.05) is 0 Å². The number of nitrogens with two attached hydrogens (primary N) is 1. The fourth-order valence-corrected chi connectivity index (χ4v) is 1.92. The van der Waals surface area contributed by atoms with E-state index in [1.54, 1.807) is 7.05 Å². The van der Waals surface area contributed by atoms with Crippen LogP contribution in [-0.4, -0.2) is 55.2 Å². The first kappa shape index (κ1) is 15.4. The second kappa shape index (κ2) is 7.05. The number of hydrogen-bond acceptors (Lipinski definition) is 5. The van der Waals surface area contributed by atoms with Crippen molar-refractivity contribution in [2.45, 2.75) is 24.9 Å². The van der Waals surface area contributed by atoms with E-state index >= 15 is 0 Å². The average Bonchev–Trinajstić information content (AvgIpc) is 2.81. The summed E-state index contributed by atoms with van der Waals surface area (Å²) in [7, 11) is 1.71. The topological polar surface area (TPSA) is 131 Å². The van der Waals surface area contributed by atoms with Crippen molar-refractivity contribution in [3.8, 4) is 0 Å². The summed E-state index contributed by atoms with van der Waals surface area (Å²) < 4.78 is 5.18. The predicted molar refractivity (Wildman–Crippen MR) is 65.2 cm³/mol. The third kappa shape index (κ3) is 4.49. The van der Waals surface area contributed by atoms with Crippen molar-refractivity contribution in [2.24, 2.45) is 11.7 Å². The maximum atomic E-state index is 12.0. The minimum absolute atomic E-state index is 0.0196. The molecule has 0 spiro atoms. The summed E-state index contributed by atoms with van der Waals surface area (Å²) in [5.74, 6) is -2.61. The molecule has 0 radical (unpaired) electrons. The molecule has 1 saturated heterocycles. The minimum Gasteiger partial charge on any atom is -0.480 e. The number of carbonyl (C=O) groups excluding carboxylic acids is 2. The van der Waals surface area contributed by atoms with Gasteiger partial charge in [-0.1, -0.05) is 0 Å². The lowest BCUT2D eigenvalue weighted by molar-refractivity contribution is -0.142. The van der Waals surface area contributed by atoms with Gasteiger partial charge in [0.15, 0.2) is 0 Å². The maximum Gasteiger partial charge on any atom is 0.326 e. The first-order valence-electron chi connectivity index (χ1n) is 6.02. The van der Waals surface area contributed by atoms with Gasteiger partial charge in [0.2, 0.25) is 11.8 Å². The number of carbonyl (C=O) groups is 3. The van der Waals surface area contributed by atoms with Gasteiger partial charge >= 0.3 is 5.97 Å². The summed E-state index contributed by atoms with van der Waals surface area (Å²) in [5, 5.41) is 14.3. The van der Waals surface area contributed by atoms with E-state index in [0.717, 1.165) is 0 Å². The highest BCUT2D eigenvalue weighted by Gasteiger charge is 2.34. The fraction of sp³-hybridized carbons (Fsp3) is 0.727. The van der Waals surface area contributed by atoms with Gasteiger partial charge in [-0.15, -0.1) is 0 Å². The molecule has 8 heteroatoms. The van der Waals surface area contributed by atoms with Crippen molar-refractivity contribution >= 4 is 17.8 Å². The quantitative estimate of drug-likeness (QED) is 0.426. The van der Waals surface area contributed by atoms with Gasteiger partial charge in [-0.3, -0.25) is 9.59 Å². The number of rotatable bonds is 7. The Hall–Kier alpha value is -1.67. The lowest BCUT2D eigenvalue weighted by Gasteiger charge is -2.19. The van der Waals surface area contributed by atoms with E-state index in [-0.39, 0.29) is 25.5 Å². The van der Waals surface area contributed by atoms with Crippen molar-refractivity contribution in [1.29, 1.82) is 0 Å². The highest BCUT2D eigenvalue weighted by Crippen LogP contribution is 2.14. The first-order chi connectivity index (χ1) is 8.95. The Morgan fingerprint density at radius 2 is 2.11 bits per heavy atom. The highest BCUT2D eigenvalue weighted by atomic mass is 16.5. The summed E-state index contributed by atoms with van der Waals surface area (Å²) in [6, 6.07) is -1.25. The molecule has 0 saturated carbocycles. The third-order valence-electron chi connectivity index (χ3n) is 3.08. The van der Waals surface area contributed by atoms with Gasteiger partial charge in [-0.05, 0) is 13.5 Å². The van der Waals surface area contributed by atoms with Crippen molar-refractivity contribution in [3.05, 3.63) is 0 Å². The zero-order valence-corrected chi connectivity index (χ0v) is 10.7. The Labute approximate surface area is 110 Å². The lowest BCUT2D eigenvalue weighted by Crippen LogP contribution is -2.48. The van der Waals surface area contributed by atoms with Crippen LogP contribution >= 0.6 is 0 Å². The Morgan fingerprint density at radius 1 is 1.42 bits per heavy atom. The molecule has 1 rings (SSSR count). The summed E-state index contributed by atoms with van der Waals surface area (Å²) in [4.78, 5) is 33.6. The van der Waals surface area contributed by atoms with Crippen LogP contribution in [-0.2, 0) is 19.1 Å². The zero-order chi connectivity index (χ0) is 14.4. The fourth-order valence-electron chi connectivity index (χ4n) is 1.92. The molecule has 0 aromatic rings. The van der Waals surface area contributed by atoms with Crippen LogP contribution in [0.3, 0.4) is 0 Å². The largest absolute Gasteiger partial charge is 0.480 e. The molecular weight excluding hydrogens is 254 g/mol. The number of aliphatic carboxylic acids is 1. The van der Waals surface area contributed by atoms with E-state index in [0.29, 0.717) is 6.61 Å². The van der Waals surface area contributed by atoms with Gasteiger partial charge in [-0.2, -0.15) is 0 Å². The Bertz CT molecular complexity index is 360. The molecule has 1 fully saturated rings. The molecule has 3 atom stereocenters. The molecule has 1 aliphatic rings. The molecule has 19 heavy (non-hydrogen) atoms. The molecule has 108 valence electrons. The van der Waals surface area contributed by atoms with Crippen LogP contribution in [0, 0.1) is 5.92 Å². The summed E-state index contributed by atoms with van der Waals surface area (Å²) in [6.45, 7) is 0.660. The SMILES string of the molecule is CNC1COCC1C(=O)NC(CCC(N)=O)C(=O)O. The zero-order valence-electron chi connectivity index (χ0n) is 10.7. The van der Waals surface area contributed by atoms with Crippen LogP contribution in [0.1, 0.15) is 12.8 Å². The molecule has 0 aliphatic carbocycles.